The van der Waals surface area contributed by atoms with Crippen molar-refractivity contribution in [3.63, 3.8) is 0 Å². The maximum atomic E-state index is 13.3. The van der Waals surface area contributed by atoms with Crippen LogP contribution in [0.2, 0.25) is 0 Å². The van der Waals surface area contributed by atoms with Crippen LogP contribution < -0.4 is 4.74 Å². The second kappa shape index (κ2) is 8.10. The van der Waals surface area contributed by atoms with Gasteiger partial charge in [0.05, 0.1) is 0 Å². The lowest BCUT2D eigenvalue weighted by atomic mass is 10.1. The number of rotatable bonds is 5. The van der Waals surface area contributed by atoms with Crippen molar-refractivity contribution in [1.29, 1.82) is 0 Å². The van der Waals surface area contributed by atoms with Gasteiger partial charge in [-0.3, -0.25) is 0 Å². The second-order valence-corrected chi connectivity index (χ2v) is 6.64. The summed E-state index contributed by atoms with van der Waals surface area (Å²) >= 11 is 0. The maximum absolute atomic E-state index is 13.3. The third-order valence-corrected chi connectivity index (χ3v) is 4.45. The molecule has 4 rings (SSSR count). The van der Waals surface area contributed by atoms with Crippen molar-refractivity contribution in [3.8, 4) is 5.75 Å². The van der Waals surface area contributed by atoms with Gasteiger partial charge in [-0.15, -0.1) is 0 Å². The van der Waals surface area contributed by atoms with Crippen molar-refractivity contribution in [2.24, 2.45) is 4.99 Å². The molecule has 0 saturated heterocycles. The predicted octanol–water partition coefficient (Wildman–Crippen LogP) is 5.06. The number of carbonyl (C=O) groups is 1. The maximum Gasteiger partial charge on any atom is 0.363 e. The van der Waals surface area contributed by atoms with Crippen LogP contribution in [0, 0.1) is 12.7 Å². The molecular formula is C24H18FNO3. The lowest BCUT2D eigenvalue weighted by Gasteiger charge is -2.07. The second-order valence-electron chi connectivity index (χ2n) is 6.64. The van der Waals surface area contributed by atoms with Crippen molar-refractivity contribution in [3.05, 3.63) is 107 Å². The first-order chi connectivity index (χ1) is 14.1. The molecule has 0 unspecified atom stereocenters. The Balaban J connectivity index is 1.53. The van der Waals surface area contributed by atoms with Crippen LogP contribution in [0.4, 0.5) is 4.39 Å². The molecule has 1 heterocycles. The van der Waals surface area contributed by atoms with Crippen LogP contribution in [-0.2, 0) is 16.1 Å². The molecule has 3 aromatic carbocycles. The topological polar surface area (TPSA) is 47.9 Å². The summed E-state index contributed by atoms with van der Waals surface area (Å²) in [5.41, 5.74) is 3.49. The summed E-state index contributed by atoms with van der Waals surface area (Å²) in [7, 11) is 0. The largest absolute Gasteiger partial charge is 0.489 e. The molecule has 0 saturated carbocycles. The van der Waals surface area contributed by atoms with Crippen LogP contribution >= 0.6 is 0 Å². The summed E-state index contributed by atoms with van der Waals surface area (Å²) in [4.78, 5) is 16.6. The number of nitrogens with zero attached hydrogens (tertiary/aromatic N) is 1. The summed E-state index contributed by atoms with van der Waals surface area (Å²) < 4.78 is 24.4. The predicted molar refractivity (Wildman–Crippen MR) is 109 cm³/mol. The first-order valence-corrected chi connectivity index (χ1v) is 9.14. The zero-order valence-electron chi connectivity index (χ0n) is 15.8. The summed E-state index contributed by atoms with van der Waals surface area (Å²) in [6, 6.07) is 21.1. The third kappa shape index (κ3) is 4.41. The van der Waals surface area contributed by atoms with E-state index in [2.05, 4.69) is 4.99 Å². The summed E-state index contributed by atoms with van der Waals surface area (Å²) in [6.45, 7) is 2.18. The average Bonchev–Trinajstić information content (AvgIpc) is 3.07. The molecule has 144 valence electrons. The number of esters is 1. The van der Waals surface area contributed by atoms with Gasteiger partial charge in [0.15, 0.2) is 5.70 Å². The molecule has 29 heavy (non-hydrogen) atoms. The fourth-order valence-electron chi connectivity index (χ4n) is 2.98. The van der Waals surface area contributed by atoms with E-state index in [0.29, 0.717) is 11.6 Å². The van der Waals surface area contributed by atoms with Gasteiger partial charge in [-0.05, 0) is 60.0 Å². The third-order valence-electron chi connectivity index (χ3n) is 4.45. The van der Waals surface area contributed by atoms with Crippen molar-refractivity contribution < 1.29 is 18.7 Å². The lowest BCUT2D eigenvalue weighted by Crippen LogP contribution is -2.06. The standard InChI is InChI=1S/C24H18FNO3/c1-16-6-2-3-11-21(16)23-26-22(24(27)29-23)14-17-7-5-10-20(13-17)28-15-18-8-4-9-19(25)12-18/h2-14H,15H2,1H3/b22-14-. The van der Waals surface area contributed by atoms with Gasteiger partial charge < -0.3 is 9.47 Å². The number of aryl methyl sites for hydroxylation is 1. The molecule has 1 aliphatic heterocycles. The number of aliphatic imine (C=N–C) groups is 1. The van der Waals surface area contributed by atoms with Crippen molar-refractivity contribution in [1.82, 2.24) is 0 Å². The molecule has 0 radical (unpaired) electrons. The first kappa shape index (κ1) is 18.6. The van der Waals surface area contributed by atoms with Gasteiger partial charge in [-0.2, -0.15) is 0 Å². The molecule has 0 aliphatic carbocycles. The minimum absolute atomic E-state index is 0.227. The Labute approximate surface area is 167 Å². The molecule has 5 heteroatoms. The van der Waals surface area contributed by atoms with Crippen molar-refractivity contribution in [2.75, 3.05) is 0 Å². The van der Waals surface area contributed by atoms with Gasteiger partial charge in [-0.1, -0.05) is 42.5 Å². The normalized spacial score (nSPS) is 14.6. The molecule has 0 fully saturated rings. The number of cyclic esters (lactones) is 1. The number of hydrogen-bond acceptors (Lipinski definition) is 4. The van der Waals surface area contributed by atoms with E-state index in [9.17, 15) is 9.18 Å². The number of halogens is 1. The Bertz CT molecular complexity index is 1130. The molecule has 0 amide bonds. The van der Waals surface area contributed by atoms with Crippen LogP contribution in [0.1, 0.15) is 22.3 Å². The molecule has 3 aromatic rings. The van der Waals surface area contributed by atoms with E-state index in [1.54, 1.807) is 30.3 Å². The minimum atomic E-state index is -0.491. The van der Waals surface area contributed by atoms with Crippen molar-refractivity contribution in [2.45, 2.75) is 13.5 Å². The van der Waals surface area contributed by atoms with Crippen LogP contribution in [-0.4, -0.2) is 11.9 Å². The molecule has 4 nitrogen and oxygen atoms in total. The monoisotopic (exact) mass is 387 g/mol. The smallest absolute Gasteiger partial charge is 0.363 e. The van der Waals surface area contributed by atoms with Gasteiger partial charge in [0.2, 0.25) is 5.90 Å². The highest BCUT2D eigenvalue weighted by Gasteiger charge is 2.24. The van der Waals surface area contributed by atoms with E-state index in [1.807, 2.05) is 43.3 Å². The molecule has 0 bridgehead atoms. The zero-order chi connectivity index (χ0) is 20.2. The fraction of sp³-hybridized carbons (Fsp3) is 0.0833. The average molecular weight is 387 g/mol. The van der Waals surface area contributed by atoms with Gasteiger partial charge in [0.25, 0.3) is 0 Å². The van der Waals surface area contributed by atoms with E-state index in [4.69, 9.17) is 9.47 Å². The van der Waals surface area contributed by atoms with Gasteiger partial charge >= 0.3 is 5.97 Å². The van der Waals surface area contributed by atoms with E-state index < -0.39 is 5.97 Å². The number of benzene rings is 3. The molecule has 1 aliphatic rings. The number of carbonyl (C=O) groups excluding carboxylic acids is 1. The van der Waals surface area contributed by atoms with E-state index >= 15 is 0 Å². The summed E-state index contributed by atoms with van der Waals surface area (Å²) in [5.74, 6) is 0.122. The molecular weight excluding hydrogens is 369 g/mol. The molecule has 0 atom stereocenters. The Morgan fingerprint density at radius 2 is 1.86 bits per heavy atom. The van der Waals surface area contributed by atoms with Crippen LogP contribution in [0.5, 0.6) is 5.75 Å². The Morgan fingerprint density at radius 3 is 2.69 bits per heavy atom. The van der Waals surface area contributed by atoms with Crippen LogP contribution in [0.25, 0.3) is 6.08 Å². The lowest BCUT2D eigenvalue weighted by molar-refractivity contribution is -0.129. The van der Waals surface area contributed by atoms with Gasteiger partial charge in [0.1, 0.15) is 18.2 Å². The highest BCUT2D eigenvalue weighted by Crippen LogP contribution is 2.23. The van der Waals surface area contributed by atoms with Crippen LogP contribution in [0.3, 0.4) is 0 Å². The highest BCUT2D eigenvalue weighted by molar-refractivity contribution is 6.13. The Hall–Kier alpha value is -3.73. The Morgan fingerprint density at radius 1 is 1.03 bits per heavy atom. The van der Waals surface area contributed by atoms with Gasteiger partial charge in [-0.25, -0.2) is 14.2 Å². The highest BCUT2D eigenvalue weighted by atomic mass is 19.1. The number of ether oxygens (including phenoxy) is 2. The summed E-state index contributed by atoms with van der Waals surface area (Å²) in [5, 5.41) is 0. The minimum Gasteiger partial charge on any atom is -0.489 e. The van der Waals surface area contributed by atoms with E-state index in [1.165, 1.54) is 12.1 Å². The van der Waals surface area contributed by atoms with E-state index in [0.717, 1.165) is 22.3 Å². The molecule has 0 spiro atoms. The Kier molecular flexibility index (Phi) is 5.20. The molecule has 0 N–H and O–H groups in total. The first-order valence-electron chi connectivity index (χ1n) is 9.14. The SMILES string of the molecule is Cc1ccccc1C1=N/C(=C\c2cccc(OCc3cccc(F)c3)c2)C(=O)O1. The van der Waals surface area contributed by atoms with Crippen LogP contribution in [0.15, 0.2) is 83.5 Å². The summed E-state index contributed by atoms with van der Waals surface area (Å²) in [6.07, 6.45) is 1.66. The van der Waals surface area contributed by atoms with Gasteiger partial charge in [0, 0.05) is 5.56 Å². The molecule has 0 aromatic heterocycles. The van der Waals surface area contributed by atoms with E-state index in [-0.39, 0.29) is 18.1 Å². The fourth-order valence-corrected chi connectivity index (χ4v) is 2.98. The zero-order valence-corrected chi connectivity index (χ0v) is 15.8. The quantitative estimate of drug-likeness (QED) is 0.454. The van der Waals surface area contributed by atoms with Crippen molar-refractivity contribution >= 4 is 17.9 Å². The number of hydrogen-bond donors (Lipinski definition) is 0.